The summed E-state index contributed by atoms with van der Waals surface area (Å²) in [6.07, 6.45) is 2.92. The summed E-state index contributed by atoms with van der Waals surface area (Å²) in [5, 5.41) is 20.7. The summed E-state index contributed by atoms with van der Waals surface area (Å²) in [4.78, 5) is 2.39. The second-order valence-corrected chi connectivity index (χ2v) is 8.46. The van der Waals surface area contributed by atoms with Crippen molar-refractivity contribution in [3.8, 4) is 11.1 Å². The average Bonchev–Trinajstić information content (AvgIpc) is 3.08. The third-order valence-electron chi connectivity index (χ3n) is 6.57. The smallest absolute Gasteiger partial charge is 0.0642 e. The molecule has 2 N–H and O–H groups in total. The van der Waals surface area contributed by atoms with E-state index < -0.39 is 11.5 Å². The average molecular weight is 382 g/mol. The molecular weight excluding hydrogens is 350 g/mol. The molecule has 4 rings (SSSR count). The number of hydrogen-bond donors (Lipinski definition) is 2. The molecule has 0 radical (unpaired) electrons. The van der Waals surface area contributed by atoms with Crippen molar-refractivity contribution in [2.24, 2.45) is 5.41 Å². The van der Waals surface area contributed by atoms with E-state index in [1.54, 1.807) is 7.11 Å². The minimum atomic E-state index is -0.444. The van der Waals surface area contributed by atoms with Crippen molar-refractivity contribution < 1.29 is 14.9 Å². The van der Waals surface area contributed by atoms with Crippen LogP contribution >= 0.6 is 0 Å². The lowest BCUT2D eigenvalue weighted by molar-refractivity contribution is -0.0843. The zero-order chi connectivity index (χ0) is 19.6. The van der Waals surface area contributed by atoms with Crippen LogP contribution in [0, 0.1) is 5.41 Å². The molecule has 28 heavy (non-hydrogen) atoms. The highest BCUT2D eigenvalue weighted by molar-refractivity contribution is 5.76. The monoisotopic (exact) mass is 381 g/mol. The van der Waals surface area contributed by atoms with Gasteiger partial charge in [-0.05, 0) is 53.5 Å². The lowest BCUT2D eigenvalue weighted by Gasteiger charge is -2.45. The summed E-state index contributed by atoms with van der Waals surface area (Å²) in [6.45, 7) is 3.15. The van der Waals surface area contributed by atoms with Crippen LogP contribution in [0.25, 0.3) is 11.1 Å². The summed E-state index contributed by atoms with van der Waals surface area (Å²) in [6, 6.07) is 15.5. The fourth-order valence-corrected chi connectivity index (χ4v) is 4.98. The van der Waals surface area contributed by atoms with Crippen molar-refractivity contribution in [3.05, 3.63) is 59.2 Å². The molecule has 0 spiro atoms. The minimum absolute atomic E-state index is 0.0217. The number of methoxy groups -OCH3 is 1. The van der Waals surface area contributed by atoms with Crippen LogP contribution in [0.2, 0.25) is 0 Å². The first-order valence-electron chi connectivity index (χ1n) is 10.4. The Hall–Kier alpha value is -1.72. The van der Waals surface area contributed by atoms with Crippen LogP contribution in [0.4, 0.5) is 0 Å². The Morgan fingerprint density at radius 2 is 1.96 bits per heavy atom. The maximum atomic E-state index is 10.6. The predicted molar refractivity (Wildman–Crippen MR) is 111 cm³/mol. The molecule has 0 aromatic heterocycles. The van der Waals surface area contributed by atoms with Gasteiger partial charge in [-0.15, -0.1) is 0 Å². The van der Waals surface area contributed by atoms with Gasteiger partial charge in [0.1, 0.15) is 0 Å². The van der Waals surface area contributed by atoms with E-state index in [0.29, 0.717) is 13.0 Å². The number of ether oxygens (including phenoxy) is 1. The number of likely N-dealkylation sites (tertiary alicyclic amines) is 1. The Labute approximate surface area is 167 Å². The van der Waals surface area contributed by atoms with Gasteiger partial charge in [0.25, 0.3) is 0 Å². The van der Waals surface area contributed by atoms with Gasteiger partial charge in [-0.3, -0.25) is 4.90 Å². The molecule has 4 heteroatoms. The highest BCUT2D eigenvalue weighted by Gasteiger charge is 2.41. The summed E-state index contributed by atoms with van der Waals surface area (Å²) >= 11 is 0. The van der Waals surface area contributed by atoms with Crippen molar-refractivity contribution in [1.29, 1.82) is 0 Å². The Morgan fingerprint density at radius 1 is 1.14 bits per heavy atom. The quantitative estimate of drug-likeness (QED) is 0.617. The number of piperidine rings is 1. The van der Waals surface area contributed by atoms with Crippen molar-refractivity contribution in [2.75, 3.05) is 33.4 Å². The van der Waals surface area contributed by atoms with Crippen LogP contribution in [0.5, 0.6) is 0 Å². The van der Waals surface area contributed by atoms with Crippen LogP contribution in [-0.4, -0.2) is 54.6 Å². The molecular formula is C24H31NO3. The van der Waals surface area contributed by atoms with E-state index in [9.17, 15) is 10.2 Å². The van der Waals surface area contributed by atoms with Gasteiger partial charge in [-0.2, -0.15) is 0 Å². The van der Waals surface area contributed by atoms with Gasteiger partial charge in [0.05, 0.1) is 12.7 Å². The zero-order valence-corrected chi connectivity index (χ0v) is 16.7. The predicted octanol–water partition coefficient (Wildman–Crippen LogP) is 3.23. The summed E-state index contributed by atoms with van der Waals surface area (Å²) in [7, 11) is 1.70. The molecule has 2 aromatic rings. The molecule has 1 aliphatic heterocycles. The van der Waals surface area contributed by atoms with E-state index in [-0.39, 0.29) is 6.61 Å². The second-order valence-electron chi connectivity index (χ2n) is 8.46. The number of hydrogen-bond acceptors (Lipinski definition) is 4. The SMILES string of the molecule is COCCC[C@@]1(CO)CN(Cc2ccc3c(c2)Cc2ccccc2-3)CC[C@H]1O. The lowest BCUT2D eigenvalue weighted by atomic mass is 9.74. The van der Waals surface area contributed by atoms with Gasteiger partial charge in [0, 0.05) is 38.8 Å². The Bertz CT molecular complexity index is 821. The largest absolute Gasteiger partial charge is 0.396 e. The van der Waals surface area contributed by atoms with Crippen LogP contribution in [0.3, 0.4) is 0 Å². The van der Waals surface area contributed by atoms with Crippen LogP contribution in [0.15, 0.2) is 42.5 Å². The third kappa shape index (κ3) is 3.74. The lowest BCUT2D eigenvalue weighted by Crippen LogP contribution is -2.53. The van der Waals surface area contributed by atoms with Gasteiger partial charge in [0.15, 0.2) is 0 Å². The molecule has 1 heterocycles. The number of nitrogens with zero attached hydrogens (tertiary/aromatic N) is 1. The van der Waals surface area contributed by atoms with Crippen molar-refractivity contribution >= 4 is 0 Å². The maximum Gasteiger partial charge on any atom is 0.0642 e. The van der Waals surface area contributed by atoms with E-state index >= 15 is 0 Å². The number of aliphatic hydroxyl groups excluding tert-OH is 2. The molecule has 1 aliphatic carbocycles. The summed E-state index contributed by atoms with van der Waals surface area (Å²) in [5.74, 6) is 0. The van der Waals surface area contributed by atoms with Gasteiger partial charge < -0.3 is 14.9 Å². The van der Waals surface area contributed by atoms with E-state index in [4.69, 9.17) is 4.74 Å². The Morgan fingerprint density at radius 3 is 2.79 bits per heavy atom. The maximum absolute atomic E-state index is 10.6. The van der Waals surface area contributed by atoms with E-state index in [2.05, 4.69) is 47.4 Å². The molecule has 0 saturated carbocycles. The van der Waals surface area contributed by atoms with E-state index in [0.717, 1.165) is 38.9 Å². The first kappa shape index (κ1) is 19.6. The molecule has 2 aromatic carbocycles. The highest BCUT2D eigenvalue weighted by Crippen LogP contribution is 2.38. The Balaban J connectivity index is 1.46. The minimum Gasteiger partial charge on any atom is -0.396 e. The molecule has 1 fully saturated rings. The third-order valence-corrected chi connectivity index (χ3v) is 6.57. The normalized spacial score (nSPS) is 24.2. The van der Waals surface area contributed by atoms with Crippen LogP contribution < -0.4 is 0 Å². The van der Waals surface area contributed by atoms with E-state index in [1.807, 2.05) is 0 Å². The van der Waals surface area contributed by atoms with Crippen molar-refractivity contribution in [2.45, 2.75) is 38.3 Å². The van der Waals surface area contributed by atoms with Crippen LogP contribution in [-0.2, 0) is 17.7 Å². The number of benzene rings is 2. The van der Waals surface area contributed by atoms with Crippen molar-refractivity contribution in [1.82, 2.24) is 4.90 Å². The molecule has 0 bridgehead atoms. The molecule has 0 unspecified atom stereocenters. The van der Waals surface area contributed by atoms with Gasteiger partial charge >= 0.3 is 0 Å². The molecule has 2 aliphatic rings. The highest BCUT2D eigenvalue weighted by atomic mass is 16.5. The van der Waals surface area contributed by atoms with E-state index in [1.165, 1.54) is 27.8 Å². The van der Waals surface area contributed by atoms with Crippen LogP contribution in [0.1, 0.15) is 36.0 Å². The molecule has 150 valence electrons. The molecule has 0 amide bonds. The Kier molecular flexibility index (Phi) is 5.83. The van der Waals surface area contributed by atoms with Gasteiger partial charge in [-0.25, -0.2) is 0 Å². The summed E-state index contributed by atoms with van der Waals surface area (Å²) < 4.78 is 5.17. The standard InChI is InChI=1S/C24H31NO3/c1-28-12-4-10-24(17-26)16-25(11-9-23(24)27)15-18-7-8-22-20(13-18)14-19-5-2-3-6-21(19)22/h2-3,5-8,13,23,26-27H,4,9-12,14-17H2,1H3/t23-,24+/m1/s1. The van der Waals surface area contributed by atoms with Gasteiger partial charge in [-0.1, -0.05) is 42.5 Å². The first-order chi connectivity index (χ1) is 13.6. The van der Waals surface area contributed by atoms with Gasteiger partial charge in [0.2, 0.25) is 0 Å². The topological polar surface area (TPSA) is 52.9 Å². The first-order valence-corrected chi connectivity index (χ1v) is 10.4. The number of aliphatic hydroxyl groups is 2. The van der Waals surface area contributed by atoms with Crippen molar-refractivity contribution in [3.63, 3.8) is 0 Å². The second kappa shape index (κ2) is 8.34. The zero-order valence-electron chi connectivity index (χ0n) is 16.7. The molecule has 2 atom stereocenters. The fourth-order valence-electron chi connectivity index (χ4n) is 4.98. The molecule has 1 saturated heterocycles. The number of rotatable bonds is 7. The number of fused-ring (bicyclic) bond motifs is 3. The summed E-state index contributed by atoms with van der Waals surface area (Å²) in [5.41, 5.74) is 6.41. The molecule has 4 nitrogen and oxygen atoms in total. The fraction of sp³-hybridized carbons (Fsp3) is 0.500.